The number of rotatable bonds is 7. The Bertz CT molecular complexity index is 1310. The molecule has 3 aromatic carbocycles. The molecular formula is C30H28BrNO4. The van der Waals surface area contributed by atoms with E-state index in [0.717, 1.165) is 10.9 Å². The molecule has 1 atom stereocenters. The Labute approximate surface area is 219 Å². The van der Waals surface area contributed by atoms with Gasteiger partial charge in [0.2, 0.25) is 5.91 Å². The first-order chi connectivity index (χ1) is 17.4. The number of halogens is 1. The SMILES string of the molecule is O=C(CC1CC2(CCCC2)c2ccccc21)NC(=Cc1ccc(Oc2ccccc2Br)cc1)C(=O)O. The molecule has 36 heavy (non-hydrogen) atoms. The van der Waals surface area contributed by atoms with E-state index in [9.17, 15) is 14.7 Å². The van der Waals surface area contributed by atoms with Crippen molar-refractivity contribution in [3.8, 4) is 11.5 Å². The first-order valence-corrected chi connectivity index (χ1v) is 13.1. The van der Waals surface area contributed by atoms with Gasteiger partial charge in [-0.3, -0.25) is 4.79 Å². The molecule has 3 aromatic rings. The highest BCUT2D eigenvalue weighted by Crippen LogP contribution is 2.55. The molecule has 1 saturated carbocycles. The topological polar surface area (TPSA) is 75.6 Å². The van der Waals surface area contributed by atoms with Crippen LogP contribution in [-0.2, 0) is 15.0 Å². The van der Waals surface area contributed by atoms with E-state index in [1.165, 1.54) is 42.9 Å². The van der Waals surface area contributed by atoms with E-state index < -0.39 is 5.97 Å². The van der Waals surface area contributed by atoms with Crippen molar-refractivity contribution in [2.24, 2.45) is 0 Å². The number of carbonyl (C=O) groups is 2. The Hall–Kier alpha value is -3.38. The molecule has 2 N–H and O–H groups in total. The van der Waals surface area contributed by atoms with E-state index in [1.54, 1.807) is 24.3 Å². The van der Waals surface area contributed by atoms with Gasteiger partial charge < -0.3 is 15.2 Å². The summed E-state index contributed by atoms with van der Waals surface area (Å²) in [6.45, 7) is 0. The number of nitrogens with one attached hydrogen (secondary N) is 1. The lowest BCUT2D eigenvalue weighted by atomic mass is 9.79. The number of ether oxygens (including phenoxy) is 1. The maximum absolute atomic E-state index is 13.0. The highest BCUT2D eigenvalue weighted by molar-refractivity contribution is 9.10. The molecule has 1 amide bonds. The van der Waals surface area contributed by atoms with E-state index in [2.05, 4.69) is 39.4 Å². The molecule has 1 fully saturated rings. The summed E-state index contributed by atoms with van der Waals surface area (Å²) in [6, 6.07) is 23.1. The average Bonchev–Trinajstić information content (AvgIpc) is 3.46. The number of amides is 1. The summed E-state index contributed by atoms with van der Waals surface area (Å²) in [6.07, 6.45) is 7.51. The van der Waals surface area contributed by atoms with E-state index in [0.29, 0.717) is 17.1 Å². The van der Waals surface area contributed by atoms with Crippen molar-refractivity contribution < 1.29 is 19.4 Å². The van der Waals surface area contributed by atoms with Crippen molar-refractivity contribution in [3.63, 3.8) is 0 Å². The van der Waals surface area contributed by atoms with Crippen LogP contribution in [0, 0.1) is 0 Å². The number of carbonyl (C=O) groups excluding carboxylic acids is 1. The molecule has 1 unspecified atom stereocenters. The molecule has 2 aliphatic rings. The molecule has 184 valence electrons. The predicted molar refractivity (Wildman–Crippen MR) is 143 cm³/mol. The normalized spacial score (nSPS) is 18.1. The number of para-hydroxylation sites is 1. The zero-order valence-corrected chi connectivity index (χ0v) is 21.5. The van der Waals surface area contributed by atoms with Gasteiger partial charge in [0.1, 0.15) is 17.2 Å². The van der Waals surface area contributed by atoms with Crippen LogP contribution in [0.2, 0.25) is 0 Å². The maximum Gasteiger partial charge on any atom is 0.352 e. The van der Waals surface area contributed by atoms with Crippen LogP contribution < -0.4 is 10.1 Å². The summed E-state index contributed by atoms with van der Waals surface area (Å²) < 4.78 is 6.71. The summed E-state index contributed by atoms with van der Waals surface area (Å²) in [5, 5.41) is 12.4. The third kappa shape index (κ3) is 5.09. The first-order valence-electron chi connectivity index (χ1n) is 12.3. The van der Waals surface area contributed by atoms with Crippen LogP contribution in [-0.4, -0.2) is 17.0 Å². The summed E-state index contributed by atoms with van der Waals surface area (Å²) >= 11 is 3.46. The summed E-state index contributed by atoms with van der Waals surface area (Å²) in [5.41, 5.74) is 3.34. The van der Waals surface area contributed by atoms with Crippen molar-refractivity contribution >= 4 is 33.9 Å². The fourth-order valence-electron chi connectivity index (χ4n) is 5.76. The highest BCUT2D eigenvalue weighted by Gasteiger charge is 2.45. The van der Waals surface area contributed by atoms with Gasteiger partial charge in [-0.2, -0.15) is 0 Å². The van der Waals surface area contributed by atoms with Gasteiger partial charge in [0.05, 0.1) is 4.47 Å². The van der Waals surface area contributed by atoms with Crippen LogP contribution in [0.25, 0.3) is 6.08 Å². The van der Waals surface area contributed by atoms with Crippen molar-refractivity contribution in [1.82, 2.24) is 5.32 Å². The molecule has 0 heterocycles. The fraction of sp³-hybridized carbons (Fsp3) is 0.267. The molecule has 5 nitrogen and oxygen atoms in total. The van der Waals surface area contributed by atoms with Crippen molar-refractivity contribution in [2.75, 3.05) is 0 Å². The van der Waals surface area contributed by atoms with E-state index >= 15 is 0 Å². The van der Waals surface area contributed by atoms with Crippen LogP contribution in [0.5, 0.6) is 11.5 Å². The number of fused-ring (bicyclic) bond motifs is 2. The van der Waals surface area contributed by atoms with Crippen LogP contribution in [0.4, 0.5) is 0 Å². The van der Waals surface area contributed by atoms with Crippen LogP contribution >= 0.6 is 15.9 Å². The van der Waals surface area contributed by atoms with Gasteiger partial charge in [-0.05, 0) is 93.6 Å². The van der Waals surface area contributed by atoms with Gasteiger partial charge in [0.15, 0.2) is 0 Å². The minimum Gasteiger partial charge on any atom is -0.477 e. The third-order valence-corrected chi connectivity index (χ3v) is 8.02. The zero-order valence-electron chi connectivity index (χ0n) is 19.9. The zero-order chi connectivity index (χ0) is 25.1. The van der Waals surface area contributed by atoms with Gasteiger partial charge in [0.25, 0.3) is 0 Å². The molecule has 0 aromatic heterocycles. The number of aliphatic carboxylic acids is 1. The van der Waals surface area contributed by atoms with Crippen molar-refractivity contribution in [1.29, 1.82) is 0 Å². The second-order valence-electron chi connectivity index (χ2n) is 9.69. The molecule has 0 aliphatic heterocycles. The molecule has 6 heteroatoms. The Balaban J connectivity index is 1.27. The molecule has 5 rings (SSSR count). The van der Waals surface area contributed by atoms with Gasteiger partial charge in [-0.1, -0.05) is 61.4 Å². The van der Waals surface area contributed by atoms with Gasteiger partial charge >= 0.3 is 5.97 Å². The predicted octanol–water partition coefficient (Wildman–Crippen LogP) is 7.17. The minimum atomic E-state index is -1.17. The lowest BCUT2D eigenvalue weighted by molar-refractivity contribution is -0.134. The largest absolute Gasteiger partial charge is 0.477 e. The number of hydrogen-bond acceptors (Lipinski definition) is 3. The Morgan fingerprint density at radius 1 is 1.00 bits per heavy atom. The monoisotopic (exact) mass is 545 g/mol. The van der Waals surface area contributed by atoms with Crippen molar-refractivity contribution in [3.05, 3.63) is 99.7 Å². The van der Waals surface area contributed by atoms with Gasteiger partial charge in [0, 0.05) is 6.42 Å². The maximum atomic E-state index is 13.0. The number of carboxylic acids is 1. The second kappa shape index (κ2) is 10.3. The Morgan fingerprint density at radius 3 is 2.42 bits per heavy atom. The Kier molecular flexibility index (Phi) is 6.97. The first kappa shape index (κ1) is 24.3. The summed E-state index contributed by atoms with van der Waals surface area (Å²) in [7, 11) is 0. The molecule has 0 bridgehead atoms. The minimum absolute atomic E-state index is 0.114. The standard InChI is InChI=1S/C30H28BrNO4/c31-25-9-3-4-10-27(25)36-22-13-11-20(12-14-22)17-26(29(34)35)32-28(33)18-21-19-30(15-5-6-16-30)24-8-2-1-7-23(21)24/h1-4,7-14,17,21H,5-6,15-16,18-19H2,(H,32,33)(H,34,35). The average molecular weight is 546 g/mol. The number of hydrogen-bond donors (Lipinski definition) is 2. The van der Waals surface area contributed by atoms with E-state index in [1.807, 2.05) is 30.3 Å². The van der Waals surface area contributed by atoms with E-state index in [-0.39, 0.29) is 29.4 Å². The molecular weight excluding hydrogens is 518 g/mol. The third-order valence-electron chi connectivity index (χ3n) is 7.36. The van der Waals surface area contributed by atoms with Crippen LogP contribution in [0.1, 0.15) is 61.1 Å². The quantitative estimate of drug-likeness (QED) is 0.308. The van der Waals surface area contributed by atoms with Crippen LogP contribution in [0.3, 0.4) is 0 Å². The Morgan fingerprint density at radius 2 is 1.69 bits per heavy atom. The molecule has 0 saturated heterocycles. The number of carboxylic acid groups (broad SMARTS) is 1. The summed E-state index contributed by atoms with van der Waals surface area (Å²) in [5.74, 6) is -0.0145. The summed E-state index contributed by atoms with van der Waals surface area (Å²) in [4.78, 5) is 24.9. The molecule has 0 radical (unpaired) electrons. The lowest BCUT2D eigenvalue weighted by Gasteiger charge is -2.24. The van der Waals surface area contributed by atoms with Gasteiger partial charge in [-0.25, -0.2) is 4.79 Å². The fourth-order valence-corrected chi connectivity index (χ4v) is 6.13. The number of benzene rings is 3. The smallest absolute Gasteiger partial charge is 0.352 e. The molecule has 1 spiro atoms. The molecule has 2 aliphatic carbocycles. The van der Waals surface area contributed by atoms with Crippen LogP contribution in [0.15, 0.2) is 83.0 Å². The highest BCUT2D eigenvalue weighted by atomic mass is 79.9. The van der Waals surface area contributed by atoms with Gasteiger partial charge in [-0.15, -0.1) is 0 Å². The second-order valence-corrected chi connectivity index (χ2v) is 10.5. The lowest BCUT2D eigenvalue weighted by Crippen LogP contribution is -2.28. The van der Waals surface area contributed by atoms with E-state index in [4.69, 9.17) is 4.74 Å². The van der Waals surface area contributed by atoms with Crippen molar-refractivity contribution in [2.45, 2.75) is 49.9 Å².